The number of likely N-dealkylation sites (tertiary alicyclic amines) is 2. The van der Waals surface area contributed by atoms with E-state index in [4.69, 9.17) is 14.2 Å². The molecule has 3 fully saturated rings. The van der Waals surface area contributed by atoms with Gasteiger partial charge in [0.25, 0.3) is 5.91 Å². The number of carbonyl (C=O) groups is 1. The minimum absolute atomic E-state index is 0.0502. The summed E-state index contributed by atoms with van der Waals surface area (Å²) in [5.41, 5.74) is 0.112. The third-order valence-electron chi connectivity index (χ3n) is 6.97. The molecule has 3 saturated heterocycles. The van der Waals surface area contributed by atoms with Crippen molar-refractivity contribution in [2.45, 2.75) is 44.2 Å². The number of piperidine rings is 2. The van der Waals surface area contributed by atoms with Gasteiger partial charge < -0.3 is 24.2 Å². The molecule has 0 aromatic carbocycles. The fourth-order valence-electron chi connectivity index (χ4n) is 5.42. The van der Waals surface area contributed by atoms with E-state index in [1.807, 2.05) is 10.3 Å². The van der Waals surface area contributed by atoms with Crippen LogP contribution < -0.4 is 9.47 Å². The maximum absolute atomic E-state index is 13.1. The zero-order valence-electron chi connectivity index (χ0n) is 16.8. The van der Waals surface area contributed by atoms with Crippen LogP contribution in [-0.2, 0) is 4.74 Å². The number of nitrogens with zero attached hydrogens (tertiary/aromatic N) is 2. The van der Waals surface area contributed by atoms with E-state index in [9.17, 15) is 9.90 Å². The molecule has 5 heterocycles. The van der Waals surface area contributed by atoms with Crippen molar-refractivity contribution in [2.24, 2.45) is 5.41 Å². The molecule has 4 aliphatic heterocycles. The fourth-order valence-corrected chi connectivity index (χ4v) is 6.32. The van der Waals surface area contributed by atoms with E-state index in [1.165, 1.54) is 11.3 Å². The van der Waals surface area contributed by atoms with E-state index < -0.39 is 0 Å². The monoisotopic (exact) mass is 422 g/mol. The lowest BCUT2D eigenvalue weighted by Gasteiger charge is -2.51. The first-order valence-electron chi connectivity index (χ1n) is 10.8. The number of hydrogen-bond acceptors (Lipinski definition) is 7. The van der Waals surface area contributed by atoms with Crippen LogP contribution in [0, 0.1) is 5.41 Å². The lowest BCUT2D eigenvalue weighted by Crippen LogP contribution is -2.57. The zero-order valence-corrected chi connectivity index (χ0v) is 17.6. The van der Waals surface area contributed by atoms with Gasteiger partial charge in [0.1, 0.15) is 18.1 Å². The van der Waals surface area contributed by atoms with Crippen LogP contribution >= 0.6 is 11.3 Å². The summed E-state index contributed by atoms with van der Waals surface area (Å²) in [6, 6.07) is 0.519. The van der Waals surface area contributed by atoms with Gasteiger partial charge >= 0.3 is 0 Å². The highest BCUT2D eigenvalue weighted by molar-refractivity contribution is 7.12. The summed E-state index contributed by atoms with van der Waals surface area (Å²) < 4.78 is 16.8. The maximum atomic E-state index is 13.1. The minimum atomic E-state index is -0.274. The highest BCUT2D eigenvalue weighted by atomic mass is 32.1. The Morgan fingerprint density at radius 3 is 2.69 bits per heavy atom. The van der Waals surface area contributed by atoms with Crippen molar-refractivity contribution in [2.75, 3.05) is 52.6 Å². The zero-order chi connectivity index (χ0) is 19.8. The van der Waals surface area contributed by atoms with Crippen molar-refractivity contribution < 1.29 is 24.1 Å². The molecule has 0 aliphatic carbocycles. The second-order valence-electron chi connectivity index (χ2n) is 8.88. The first-order valence-corrected chi connectivity index (χ1v) is 11.7. The van der Waals surface area contributed by atoms with E-state index in [1.54, 1.807) is 0 Å². The van der Waals surface area contributed by atoms with Gasteiger partial charge in [-0.25, -0.2) is 0 Å². The second kappa shape index (κ2) is 8.06. The molecule has 160 valence electrons. The summed E-state index contributed by atoms with van der Waals surface area (Å²) in [5, 5.41) is 12.5. The van der Waals surface area contributed by atoms with Gasteiger partial charge in [0.15, 0.2) is 11.5 Å². The van der Waals surface area contributed by atoms with Crippen molar-refractivity contribution in [3.63, 3.8) is 0 Å². The molecule has 1 atom stereocenters. The number of fused-ring (bicyclic) bond motifs is 1. The summed E-state index contributed by atoms with van der Waals surface area (Å²) >= 11 is 1.41. The van der Waals surface area contributed by atoms with Crippen LogP contribution in [-0.4, -0.2) is 85.6 Å². The molecular formula is C21H30N2O5S. The molecule has 1 spiro atoms. The number of rotatable bonds is 2. The van der Waals surface area contributed by atoms with E-state index in [0.717, 1.165) is 71.5 Å². The first kappa shape index (κ1) is 19.6. The summed E-state index contributed by atoms with van der Waals surface area (Å²) in [5.74, 6) is 1.36. The molecule has 8 heteroatoms. The van der Waals surface area contributed by atoms with Crippen LogP contribution in [0.25, 0.3) is 0 Å². The van der Waals surface area contributed by atoms with Crippen molar-refractivity contribution in [3.05, 3.63) is 10.3 Å². The number of β-amino-alcohol motifs (C(OH)–C–C–N with tert-alkyl or cyclic N) is 1. The molecule has 1 amide bonds. The van der Waals surface area contributed by atoms with Crippen LogP contribution in [0.3, 0.4) is 0 Å². The quantitative estimate of drug-likeness (QED) is 0.786. The number of aliphatic hydroxyl groups excluding tert-OH is 1. The van der Waals surface area contributed by atoms with Crippen molar-refractivity contribution >= 4 is 17.2 Å². The van der Waals surface area contributed by atoms with Gasteiger partial charge in [-0.1, -0.05) is 0 Å². The molecule has 0 radical (unpaired) electrons. The molecule has 1 aromatic rings. The van der Waals surface area contributed by atoms with Crippen LogP contribution in [0.1, 0.15) is 41.8 Å². The van der Waals surface area contributed by atoms with Crippen molar-refractivity contribution in [3.8, 4) is 11.5 Å². The molecule has 1 unspecified atom stereocenters. The molecule has 0 saturated carbocycles. The Balaban J connectivity index is 1.24. The largest absolute Gasteiger partial charge is 0.485 e. The van der Waals surface area contributed by atoms with Gasteiger partial charge in [0.2, 0.25) is 0 Å². The average Bonchev–Trinajstić information content (AvgIpc) is 3.18. The van der Waals surface area contributed by atoms with Gasteiger partial charge in [0, 0.05) is 50.8 Å². The predicted octanol–water partition coefficient (Wildman–Crippen LogP) is 1.99. The average molecular weight is 423 g/mol. The first-order chi connectivity index (χ1) is 14.1. The number of aliphatic hydroxyl groups is 1. The summed E-state index contributed by atoms with van der Waals surface area (Å²) in [7, 11) is 0. The Bertz CT molecular complexity index is 739. The molecule has 1 aromatic heterocycles. The third kappa shape index (κ3) is 3.87. The minimum Gasteiger partial charge on any atom is -0.485 e. The van der Waals surface area contributed by atoms with E-state index in [-0.39, 0.29) is 17.4 Å². The van der Waals surface area contributed by atoms with Crippen molar-refractivity contribution in [1.82, 2.24) is 9.80 Å². The Morgan fingerprint density at radius 2 is 1.90 bits per heavy atom. The summed E-state index contributed by atoms with van der Waals surface area (Å²) in [6.07, 6.45) is 4.57. The Morgan fingerprint density at radius 1 is 1.14 bits per heavy atom. The Hall–Kier alpha value is -1.35. The maximum Gasteiger partial charge on any atom is 0.267 e. The summed E-state index contributed by atoms with van der Waals surface area (Å²) in [6.45, 7) is 5.95. The van der Waals surface area contributed by atoms with Gasteiger partial charge in [-0.3, -0.25) is 9.69 Å². The smallest absolute Gasteiger partial charge is 0.267 e. The molecule has 4 aliphatic rings. The number of amides is 1. The lowest BCUT2D eigenvalue weighted by molar-refractivity contribution is -0.0695. The normalized spacial score (nSPS) is 27.9. The Kier molecular flexibility index (Phi) is 5.45. The molecule has 1 N–H and O–H groups in total. The van der Waals surface area contributed by atoms with Crippen LogP contribution in [0.4, 0.5) is 0 Å². The van der Waals surface area contributed by atoms with Gasteiger partial charge in [0.05, 0.1) is 6.10 Å². The van der Waals surface area contributed by atoms with Crippen LogP contribution in [0.15, 0.2) is 5.38 Å². The van der Waals surface area contributed by atoms with Crippen LogP contribution in [0.2, 0.25) is 0 Å². The number of hydrogen-bond donors (Lipinski definition) is 1. The van der Waals surface area contributed by atoms with Gasteiger partial charge in [-0.15, -0.1) is 11.3 Å². The fraction of sp³-hybridized carbons (Fsp3) is 0.762. The molecule has 5 rings (SSSR count). The van der Waals surface area contributed by atoms with E-state index in [2.05, 4.69) is 4.90 Å². The van der Waals surface area contributed by atoms with E-state index >= 15 is 0 Å². The SMILES string of the molecule is O=C(c1scc2c1OCCO2)N1CCC2(CC1)CC(O)CN(C1CCOCC1)C2. The Labute approximate surface area is 175 Å². The molecule has 29 heavy (non-hydrogen) atoms. The second-order valence-corrected chi connectivity index (χ2v) is 9.76. The standard InChI is InChI=1S/C21H30N2O5S/c24-16-11-21(14-23(12-16)15-1-7-26-8-2-15)3-5-22(6-4-21)20(25)19-18-17(13-29-19)27-9-10-28-18/h13,15-16,24H,1-12,14H2. The van der Waals surface area contributed by atoms with Gasteiger partial charge in [-0.05, 0) is 37.5 Å². The van der Waals surface area contributed by atoms with Crippen molar-refractivity contribution in [1.29, 1.82) is 0 Å². The third-order valence-corrected chi connectivity index (χ3v) is 7.89. The topological polar surface area (TPSA) is 71.5 Å². The van der Waals surface area contributed by atoms with Crippen LogP contribution in [0.5, 0.6) is 11.5 Å². The van der Waals surface area contributed by atoms with E-state index in [0.29, 0.717) is 35.6 Å². The highest BCUT2D eigenvalue weighted by Crippen LogP contribution is 2.43. The predicted molar refractivity (Wildman–Crippen MR) is 109 cm³/mol. The number of ether oxygens (including phenoxy) is 3. The number of carbonyl (C=O) groups excluding carboxylic acids is 1. The summed E-state index contributed by atoms with van der Waals surface area (Å²) in [4.78, 5) is 18.2. The number of thiophene rings is 1. The molecule has 0 bridgehead atoms. The lowest BCUT2D eigenvalue weighted by atomic mass is 9.71. The van der Waals surface area contributed by atoms with Gasteiger partial charge in [-0.2, -0.15) is 0 Å². The highest BCUT2D eigenvalue weighted by Gasteiger charge is 2.44. The molecule has 7 nitrogen and oxygen atoms in total. The molecular weight excluding hydrogens is 392 g/mol.